The Balaban J connectivity index is 1.99. The van der Waals surface area contributed by atoms with Crippen LogP contribution in [0.15, 0.2) is 49.6 Å². The number of hydrogen-bond acceptors (Lipinski definition) is 4. The van der Waals surface area contributed by atoms with Gasteiger partial charge in [-0.05, 0) is 51.6 Å². The highest BCUT2D eigenvalue weighted by molar-refractivity contribution is 9.10. The van der Waals surface area contributed by atoms with Gasteiger partial charge in [-0.25, -0.2) is 0 Å². The smallest absolute Gasteiger partial charge is 0.196 e. The first kappa shape index (κ1) is 13.1. The third-order valence-electron chi connectivity index (χ3n) is 3.04. The first-order chi connectivity index (χ1) is 9.16. The van der Waals surface area contributed by atoms with Crippen molar-refractivity contribution in [2.75, 3.05) is 11.4 Å². The molecule has 0 saturated carbocycles. The van der Waals surface area contributed by atoms with E-state index in [4.69, 9.17) is 5.73 Å². The average molecular weight is 401 g/mol. The second kappa shape index (κ2) is 5.26. The number of nitrogens with two attached hydrogens (primary N) is 1. The summed E-state index contributed by atoms with van der Waals surface area (Å²) in [6, 6.07) is 10.4. The van der Waals surface area contributed by atoms with E-state index in [-0.39, 0.29) is 6.04 Å². The van der Waals surface area contributed by atoms with Gasteiger partial charge in [0.1, 0.15) is 0 Å². The van der Waals surface area contributed by atoms with Crippen LogP contribution in [0.2, 0.25) is 0 Å². The minimum Gasteiger partial charge on any atom is -0.369 e. The second-order valence-electron chi connectivity index (χ2n) is 4.19. The second-order valence-corrected chi connectivity index (χ2v) is 6.91. The molecule has 0 radical (unpaired) electrons. The molecule has 2 N–H and O–H groups in total. The minimum absolute atomic E-state index is 0.176. The topological polar surface area (TPSA) is 41.6 Å². The van der Waals surface area contributed by atoms with Gasteiger partial charge in [0, 0.05) is 19.5 Å². The van der Waals surface area contributed by atoms with Crippen LogP contribution in [0.25, 0.3) is 0 Å². The summed E-state index contributed by atoms with van der Waals surface area (Å²) in [6.07, 6.45) is 0. The van der Waals surface area contributed by atoms with E-state index in [1.54, 1.807) is 11.3 Å². The fourth-order valence-corrected chi connectivity index (χ4v) is 4.14. The Hall–Kier alpha value is -0.850. The predicted molar refractivity (Wildman–Crippen MR) is 87.9 cm³/mol. The van der Waals surface area contributed by atoms with Gasteiger partial charge in [-0.15, -0.1) is 11.3 Å². The molecule has 98 valence electrons. The lowest BCUT2D eigenvalue weighted by molar-refractivity contribution is 0.781. The molecular weight excluding hydrogens is 390 g/mol. The van der Waals surface area contributed by atoms with Crippen molar-refractivity contribution < 1.29 is 0 Å². The van der Waals surface area contributed by atoms with Gasteiger partial charge in [0.2, 0.25) is 0 Å². The van der Waals surface area contributed by atoms with E-state index >= 15 is 0 Å². The van der Waals surface area contributed by atoms with Gasteiger partial charge in [0.05, 0.1) is 12.6 Å². The fourth-order valence-electron chi connectivity index (χ4n) is 2.15. The maximum Gasteiger partial charge on any atom is 0.196 e. The fraction of sp³-hybridized carbons (Fsp3) is 0.154. The van der Waals surface area contributed by atoms with E-state index in [0.29, 0.717) is 12.5 Å². The van der Waals surface area contributed by atoms with Crippen LogP contribution in [-0.2, 0) is 0 Å². The number of hydrogen-bond donors (Lipinski definition) is 1. The third kappa shape index (κ3) is 2.44. The summed E-state index contributed by atoms with van der Waals surface area (Å²) in [4.78, 5) is 7.73. The molecule has 3 rings (SSSR count). The zero-order chi connectivity index (χ0) is 13.4. The average Bonchev–Trinajstić information content (AvgIpc) is 2.97. The lowest BCUT2D eigenvalue weighted by Crippen LogP contribution is -2.35. The molecule has 1 aliphatic heterocycles. The number of halogens is 2. The Kier molecular flexibility index (Phi) is 3.64. The zero-order valence-corrected chi connectivity index (χ0v) is 13.9. The van der Waals surface area contributed by atoms with Crippen molar-refractivity contribution in [3.05, 3.63) is 49.5 Å². The molecule has 0 fully saturated rings. The van der Waals surface area contributed by atoms with Gasteiger partial charge in [-0.1, -0.05) is 15.9 Å². The summed E-state index contributed by atoms with van der Waals surface area (Å²) < 4.78 is 2.18. The van der Waals surface area contributed by atoms with Crippen molar-refractivity contribution in [2.45, 2.75) is 6.04 Å². The van der Waals surface area contributed by atoms with E-state index in [9.17, 15) is 0 Å². The van der Waals surface area contributed by atoms with Crippen molar-refractivity contribution in [1.29, 1.82) is 0 Å². The third-order valence-corrected chi connectivity index (χ3v) is 5.54. The van der Waals surface area contributed by atoms with Crippen molar-refractivity contribution >= 4 is 54.8 Å². The van der Waals surface area contributed by atoms with Gasteiger partial charge >= 0.3 is 0 Å². The molecule has 0 amide bonds. The number of aliphatic imine (C=N–C) groups is 1. The largest absolute Gasteiger partial charge is 0.369 e. The Morgan fingerprint density at radius 2 is 1.95 bits per heavy atom. The van der Waals surface area contributed by atoms with Crippen LogP contribution >= 0.6 is 43.2 Å². The Bertz CT molecular complexity index is 621. The molecule has 3 nitrogen and oxygen atoms in total. The maximum absolute atomic E-state index is 6.05. The zero-order valence-electron chi connectivity index (χ0n) is 9.88. The van der Waals surface area contributed by atoms with Crippen molar-refractivity contribution in [2.24, 2.45) is 10.7 Å². The van der Waals surface area contributed by atoms with E-state index in [1.807, 2.05) is 24.3 Å². The molecule has 19 heavy (non-hydrogen) atoms. The summed E-state index contributed by atoms with van der Waals surface area (Å²) in [5.74, 6) is 0.577. The lowest BCUT2D eigenvalue weighted by atomic mass is 10.2. The highest BCUT2D eigenvalue weighted by Crippen LogP contribution is 2.37. The minimum atomic E-state index is 0.176. The Labute approximate surface area is 132 Å². The van der Waals surface area contributed by atoms with Crippen molar-refractivity contribution in [1.82, 2.24) is 0 Å². The van der Waals surface area contributed by atoms with Crippen LogP contribution in [0.1, 0.15) is 10.9 Å². The molecule has 6 heteroatoms. The molecule has 2 aromatic rings. The Morgan fingerprint density at radius 1 is 1.21 bits per heavy atom. The number of rotatable bonds is 2. The highest BCUT2D eigenvalue weighted by atomic mass is 79.9. The summed E-state index contributed by atoms with van der Waals surface area (Å²) in [5.41, 5.74) is 7.11. The monoisotopic (exact) mass is 399 g/mol. The Morgan fingerprint density at radius 3 is 2.58 bits per heavy atom. The van der Waals surface area contributed by atoms with Gasteiger partial charge in [-0.3, -0.25) is 4.99 Å². The molecular formula is C13H11Br2N3S. The maximum atomic E-state index is 6.05. The molecule has 1 aliphatic rings. The number of anilines is 1. The van der Waals surface area contributed by atoms with E-state index in [1.165, 1.54) is 4.88 Å². The molecule has 1 unspecified atom stereocenters. The molecule has 1 aromatic carbocycles. The first-order valence-electron chi connectivity index (χ1n) is 5.74. The van der Waals surface area contributed by atoms with Crippen LogP contribution in [-0.4, -0.2) is 12.5 Å². The number of nitrogens with zero attached hydrogens (tertiary/aromatic N) is 2. The van der Waals surface area contributed by atoms with E-state index in [0.717, 1.165) is 14.6 Å². The number of thiophene rings is 1. The normalized spacial score (nSPS) is 18.7. The van der Waals surface area contributed by atoms with Crippen LogP contribution < -0.4 is 10.6 Å². The van der Waals surface area contributed by atoms with Crippen LogP contribution in [0, 0.1) is 0 Å². The molecule has 0 saturated heterocycles. The molecule has 2 heterocycles. The van der Waals surface area contributed by atoms with Gasteiger partial charge < -0.3 is 10.6 Å². The summed E-state index contributed by atoms with van der Waals surface area (Å²) >= 11 is 8.77. The van der Waals surface area contributed by atoms with Gasteiger partial charge in [0.15, 0.2) is 5.96 Å². The predicted octanol–water partition coefficient (Wildman–Crippen LogP) is 4.15. The molecule has 0 spiro atoms. The number of guanidine groups is 1. The van der Waals surface area contributed by atoms with Crippen LogP contribution in [0.4, 0.5) is 5.69 Å². The summed E-state index contributed by atoms with van der Waals surface area (Å²) in [6.45, 7) is 0.695. The summed E-state index contributed by atoms with van der Waals surface area (Å²) in [5, 5.41) is 2.08. The quantitative estimate of drug-likeness (QED) is 0.822. The summed E-state index contributed by atoms with van der Waals surface area (Å²) in [7, 11) is 0. The van der Waals surface area contributed by atoms with E-state index in [2.05, 4.69) is 53.2 Å². The van der Waals surface area contributed by atoms with Crippen molar-refractivity contribution in [3.63, 3.8) is 0 Å². The molecule has 0 bridgehead atoms. The first-order valence-corrected chi connectivity index (χ1v) is 8.21. The SMILES string of the molecule is NC1=NCC(c2sccc2Br)N1c1ccc(Br)cc1. The van der Waals surface area contributed by atoms with Crippen molar-refractivity contribution in [3.8, 4) is 0 Å². The molecule has 1 aromatic heterocycles. The standard InChI is InChI=1S/C13H11Br2N3S/c14-8-1-3-9(4-2-8)18-11(7-17-13(18)16)12-10(15)5-6-19-12/h1-6,11H,7H2,(H2,16,17). The highest BCUT2D eigenvalue weighted by Gasteiger charge is 2.30. The van der Waals surface area contributed by atoms with Gasteiger partial charge in [-0.2, -0.15) is 0 Å². The van der Waals surface area contributed by atoms with Crippen LogP contribution in [0.3, 0.4) is 0 Å². The molecule has 1 atom stereocenters. The van der Waals surface area contributed by atoms with E-state index < -0.39 is 0 Å². The number of benzene rings is 1. The lowest BCUT2D eigenvalue weighted by Gasteiger charge is -2.26. The van der Waals surface area contributed by atoms with Crippen LogP contribution in [0.5, 0.6) is 0 Å². The molecule has 0 aliphatic carbocycles. The van der Waals surface area contributed by atoms with Gasteiger partial charge in [0.25, 0.3) is 0 Å².